The number of ether oxygens (including phenoxy) is 2. The van der Waals surface area contributed by atoms with Gasteiger partial charge in [0, 0.05) is 13.2 Å². The zero-order valence-corrected chi connectivity index (χ0v) is 7.28. The highest BCUT2D eigenvalue weighted by molar-refractivity contribution is 5.27. The summed E-state index contributed by atoms with van der Waals surface area (Å²) >= 11 is 0. The monoisotopic (exact) mass is 170 g/mol. The minimum absolute atomic E-state index is 0.332. The second-order valence-electron chi connectivity index (χ2n) is 2.69. The van der Waals surface area contributed by atoms with Crippen molar-refractivity contribution in [3.63, 3.8) is 0 Å². The van der Waals surface area contributed by atoms with Crippen LogP contribution in [0.5, 0.6) is 0 Å². The van der Waals surface area contributed by atoms with Gasteiger partial charge in [0.1, 0.15) is 5.76 Å². The van der Waals surface area contributed by atoms with Crippen molar-refractivity contribution in [3.8, 4) is 0 Å². The highest BCUT2D eigenvalue weighted by Crippen LogP contribution is 2.18. The number of hydrogen-bond donors (Lipinski definition) is 2. The first-order valence-corrected chi connectivity index (χ1v) is 3.67. The third-order valence-corrected chi connectivity index (χ3v) is 1.95. The second-order valence-corrected chi connectivity index (χ2v) is 2.69. The highest BCUT2D eigenvalue weighted by Gasteiger charge is 2.31. The molecular formula is C8H14N2O2. The van der Waals surface area contributed by atoms with Crippen LogP contribution in [-0.2, 0) is 9.47 Å². The Kier molecular flexibility index (Phi) is 2.52. The molecule has 12 heavy (non-hydrogen) atoms. The maximum Gasteiger partial charge on any atom is 0.158 e. The number of rotatable bonds is 2. The van der Waals surface area contributed by atoms with Crippen LogP contribution in [0.1, 0.15) is 0 Å². The molecule has 0 amide bonds. The standard InChI is InChI=1S/C8H14N2O2/c1-11-6-3-4-7(9)8(10,5-6)12-2/h3-5,7H,9-10H2,1-2H3. The zero-order valence-electron chi connectivity index (χ0n) is 7.28. The molecule has 0 fully saturated rings. The molecule has 4 heteroatoms. The van der Waals surface area contributed by atoms with Crippen molar-refractivity contribution in [3.05, 3.63) is 24.0 Å². The van der Waals surface area contributed by atoms with E-state index in [1.54, 1.807) is 25.3 Å². The average Bonchev–Trinajstić information content (AvgIpc) is 2.10. The van der Waals surface area contributed by atoms with E-state index in [9.17, 15) is 0 Å². The highest BCUT2D eigenvalue weighted by atomic mass is 16.5. The van der Waals surface area contributed by atoms with Gasteiger partial charge in [-0.25, -0.2) is 0 Å². The van der Waals surface area contributed by atoms with Crippen LogP contribution in [0.25, 0.3) is 0 Å². The molecule has 1 aliphatic carbocycles. The van der Waals surface area contributed by atoms with E-state index in [0.29, 0.717) is 5.76 Å². The predicted molar refractivity (Wildman–Crippen MR) is 46.1 cm³/mol. The number of methoxy groups -OCH3 is 2. The lowest BCUT2D eigenvalue weighted by atomic mass is 9.99. The van der Waals surface area contributed by atoms with E-state index in [2.05, 4.69) is 0 Å². The van der Waals surface area contributed by atoms with Crippen molar-refractivity contribution in [1.29, 1.82) is 0 Å². The van der Waals surface area contributed by atoms with Crippen LogP contribution in [0.3, 0.4) is 0 Å². The van der Waals surface area contributed by atoms with Crippen molar-refractivity contribution >= 4 is 0 Å². The number of nitrogens with two attached hydrogens (primary N) is 2. The first-order valence-electron chi connectivity index (χ1n) is 3.67. The Morgan fingerprint density at radius 2 is 2.17 bits per heavy atom. The fraction of sp³-hybridized carbons (Fsp3) is 0.500. The SMILES string of the molecule is COC1=CC(N)(OC)C(N)C=C1. The van der Waals surface area contributed by atoms with Crippen LogP contribution < -0.4 is 11.5 Å². The van der Waals surface area contributed by atoms with E-state index in [1.807, 2.05) is 0 Å². The van der Waals surface area contributed by atoms with Gasteiger partial charge in [-0.2, -0.15) is 0 Å². The predicted octanol–water partition coefficient (Wildman–Crippen LogP) is -0.285. The summed E-state index contributed by atoms with van der Waals surface area (Å²) in [5, 5.41) is 0. The van der Waals surface area contributed by atoms with Crippen molar-refractivity contribution in [2.45, 2.75) is 11.8 Å². The summed E-state index contributed by atoms with van der Waals surface area (Å²) in [5.41, 5.74) is 10.6. The molecule has 0 aromatic heterocycles. The Bertz CT molecular complexity index is 225. The topological polar surface area (TPSA) is 70.5 Å². The van der Waals surface area contributed by atoms with Gasteiger partial charge in [0.05, 0.1) is 13.2 Å². The first kappa shape index (κ1) is 9.25. The van der Waals surface area contributed by atoms with Gasteiger partial charge in [0.25, 0.3) is 0 Å². The summed E-state index contributed by atoms with van der Waals surface area (Å²) in [6.07, 6.45) is 5.19. The van der Waals surface area contributed by atoms with Crippen LogP contribution in [0.2, 0.25) is 0 Å². The molecule has 2 atom stereocenters. The molecule has 0 spiro atoms. The van der Waals surface area contributed by atoms with E-state index in [0.717, 1.165) is 0 Å². The lowest BCUT2D eigenvalue weighted by Crippen LogP contribution is -2.55. The summed E-state index contributed by atoms with van der Waals surface area (Å²) in [4.78, 5) is 0. The van der Waals surface area contributed by atoms with Gasteiger partial charge in [-0.05, 0) is 6.08 Å². The molecule has 1 rings (SSSR count). The number of allylic oxidation sites excluding steroid dienone is 1. The molecule has 0 bridgehead atoms. The first-order chi connectivity index (χ1) is 5.62. The van der Waals surface area contributed by atoms with E-state index < -0.39 is 5.72 Å². The van der Waals surface area contributed by atoms with Gasteiger partial charge < -0.3 is 15.2 Å². The molecule has 0 aromatic carbocycles. The fourth-order valence-corrected chi connectivity index (χ4v) is 1.04. The van der Waals surface area contributed by atoms with Crippen molar-refractivity contribution in [2.75, 3.05) is 14.2 Å². The third-order valence-electron chi connectivity index (χ3n) is 1.95. The van der Waals surface area contributed by atoms with Crippen LogP contribution in [0, 0.1) is 0 Å². The fourth-order valence-electron chi connectivity index (χ4n) is 1.04. The summed E-state index contributed by atoms with van der Waals surface area (Å²) in [5.74, 6) is 0.668. The smallest absolute Gasteiger partial charge is 0.158 e. The summed E-state index contributed by atoms with van der Waals surface area (Å²) in [7, 11) is 3.09. The van der Waals surface area contributed by atoms with Crippen LogP contribution in [-0.4, -0.2) is 26.0 Å². The molecule has 1 aliphatic rings. The lowest BCUT2D eigenvalue weighted by Gasteiger charge is -2.31. The third kappa shape index (κ3) is 1.50. The van der Waals surface area contributed by atoms with Gasteiger partial charge in [-0.15, -0.1) is 0 Å². The Hall–Kier alpha value is -0.840. The Morgan fingerprint density at radius 3 is 2.67 bits per heavy atom. The molecule has 4 nitrogen and oxygen atoms in total. The maximum atomic E-state index is 5.81. The molecular weight excluding hydrogens is 156 g/mol. The molecule has 0 radical (unpaired) electrons. The molecule has 0 heterocycles. The van der Waals surface area contributed by atoms with Gasteiger partial charge in [0.2, 0.25) is 0 Å². The van der Waals surface area contributed by atoms with E-state index in [-0.39, 0.29) is 6.04 Å². The normalized spacial score (nSPS) is 34.7. The van der Waals surface area contributed by atoms with E-state index in [4.69, 9.17) is 20.9 Å². The minimum Gasteiger partial charge on any atom is -0.497 e. The molecule has 0 saturated carbocycles. The van der Waals surface area contributed by atoms with Gasteiger partial charge >= 0.3 is 0 Å². The zero-order chi connectivity index (χ0) is 9.19. The van der Waals surface area contributed by atoms with Crippen molar-refractivity contribution in [2.24, 2.45) is 11.5 Å². The van der Waals surface area contributed by atoms with E-state index in [1.165, 1.54) is 7.11 Å². The van der Waals surface area contributed by atoms with Gasteiger partial charge in [0.15, 0.2) is 5.72 Å². The molecule has 4 N–H and O–H groups in total. The Labute approximate surface area is 71.8 Å². The minimum atomic E-state index is -0.944. The Balaban J connectivity index is 2.88. The quantitative estimate of drug-likeness (QED) is 0.559. The largest absolute Gasteiger partial charge is 0.497 e. The maximum absolute atomic E-state index is 5.81. The van der Waals surface area contributed by atoms with Crippen molar-refractivity contribution in [1.82, 2.24) is 0 Å². The van der Waals surface area contributed by atoms with Gasteiger partial charge in [-0.1, -0.05) is 6.08 Å². The summed E-state index contributed by atoms with van der Waals surface area (Å²) in [6.45, 7) is 0. The Morgan fingerprint density at radius 1 is 1.50 bits per heavy atom. The number of hydrogen-bond acceptors (Lipinski definition) is 4. The van der Waals surface area contributed by atoms with Crippen LogP contribution >= 0.6 is 0 Å². The van der Waals surface area contributed by atoms with Crippen molar-refractivity contribution < 1.29 is 9.47 Å². The molecule has 0 aromatic rings. The molecule has 0 saturated heterocycles. The molecule has 0 aliphatic heterocycles. The average molecular weight is 170 g/mol. The lowest BCUT2D eigenvalue weighted by molar-refractivity contribution is 0.0226. The van der Waals surface area contributed by atoms with Crippen LogP contribution in [0.4, 0.5) is 0 Å². The summed E-state index contributed by atoms with van der Waals surface area (Å²) < 4.78 is 10.1. The second kappa shape index (κ2) is 3.26. The van der Waals surface area contributed by atoms with E-state index >= 15 is 0 Å². The van der Waals surface area contributed by atoms with Crippen LogP contribution in [0.15, 0.2) is 24.0 Å². The molecule has 2 unspecified atom stereocenters. The molecule has 68 valence electrons. The van der Waals surface area contributed by atoms with Gasteiger partial charge in [-0.3, -0.25) is 5.73 Å². The summed E-state index contributed by atoms with van der Waals surface area (Å²) in [6, 6.07) is -0.332.